The summed E-state index contributed by atoms with van der Waals surface area (Å²) in [5.41, 5.74) is 4.09. The van der Waals surface area contributed by atoms with E-state index in [9.17, 15) is 0 Å². The molecule has 1 aromatic carbocycles. The Hall–Kier alpha value is -2.20. The Kier molecular flexibility index (Phi) is 3.71. The average molecular weight is 299 g/mol. The number of benzene rings is 1. The molecule has 0 saturated carbocycles. The Bertz CT molecular complexity index is 779. The fraction of sp³-hybridized carbons (Fsp3) is 0.188. The summed E-state index contributed by atoms with van der Waals surface area (Å²) in [4.78, 5) is 4.21. The molecule has 0 N–H and O–H groups in total. The lowest BCUT2D eigenvalue weighted by Gasteiger charge is -2.07. The molecule has 0 spiro atoms. The van der Waals surface area contributed by atoms with Crippen molar-refractivity contribution in [3.8, 4) is 11.1 Å². The van der Waals surface area contributed by atoms with Gasteiger partial charge < -0.3 is 4.57 Å². The number of hydrogen-bond acceptors (Lipinski definition) is 3. The first-order chi connectivity index (χ1) is 10.1. The highest BCUT2D eigenvalue weighted by Crippen LogP contribution is 2.24. The lowest BCUT2D eigenvalue weighted by atomic mass is 10.1. The van der Waals surface area contributed by atoms with E-state index in [-0.39, 0.29) is 0 Å². The van der Waals surface area contributed by atoms with Crippen molar-refractivity contribution < 1.29 is 0 Å². The molecule has 0 amide bonds. The quantitative estimate of drug-likeness (QED) is 0.741. The highest BCUT2D eigenvalue weighted by molar-refractivity contribution is 6.31. The summed E-state index contributed by atoms with van der Waals surface area (Å²) in [6.45, 7) is 4.63. The molecule has 4 nitrogen and oxygen atoms in total. The molecular weight excluding hydrogens is 284 g/mol. The lowest BCUT2D eigenvalue weighted by Crippen LogP contribution is -2.04. The SMILES string of the molecule is Cc1cc(-c2cnnc(Cn3ccnc3C)c2)ccc1Cl. The van der Waals surface area contributed by atoms with Crippen LogP contribution in [0.15, 0.2) is 42.9 Å². The van der Waals surface area contributed by atoms with Gasteiger partial charge in [0.1, 0.15) is 5.82 Å². The van der Waals surface area contributed by atoms with Crippen molar-refractivity contribution in [2.75, 3.05) is 0 Å². The zero-order valence-electron chi connectivity index (χ0n) is 11.9. The van der Waals surface area contributed by atoms with E-state index in [1.807, 2.05) is 36.7 Å². The van der Waals surface area contributed by atoms with Crippen molar-refractivity contribution in [3.63, 3.8) is 0 Å². The molecule has 2 heterocycles. The molecule has 0 fully saturated rings. The van der Waals surface area contributed by atoms with Gasteiger partial charge in [0.25, 0.3) is 0 Å². The molecule has 2 aromatic heterocycles. The predicted octanol–water partition coefficient (Wildman–Crippen LogP) is 3.66. The normalized spacial score (nSPS) is 10.8. The Balaban J connectivity index is 1.92. The fourth-order valence-electron chi connectivity index (χ4n) is 2.22. The minimum atomic E-state index is 0.666. The van der Waals surface area contributed by atoms with Crippen LogP contribution in [0.5, 0.6) is 0 Å². The molecule has 5 heteroatoms. The van der Waals surface area contributed by atoms with Gasteiger partial charge in [-0.15, -0.1) is 0 Å². The van der Waals surface area contributed by atoms with E-state index in [4.69, 9.17) is 11.6 Å². The molecule has 21 heavy (non-hydrogen) atoms. The lowest BCUT2D eigenvalue weighted by molar-refractivity contribution is 0.727. The van der Waals surface area contributed by atoms with Crippen molar-refractivity contribution in [1.29, 1.82) is 0 Å². The number of hydrogen-bond donors (Lipinski definition) is 0. The van der Waals surface area contributed by atoms with Gasteiger partial charge in [-0.2, -0.15) is 10.2 Å². The second-order valence-electron chi connectivity index (χ2n) is 5.00. The summed E-state index contributed by atoms with van der Waals surface area (Å²) in [6.07, 6.45) is 5.50. The second kappa shape index (κ2) is 5.66. The highest BCUT2D eigenvalue weighted by Gasteiger charge is 2.05. The van der Waals surface area contributed by atoms with E-state index in [2.05, 4.69) is 27.3 Å². The molecule has 3 rings (SSSR count). The van der Waals surface area contributed by atoms with Gasteiger partial charge in [0.2, 0.25) is 0 Å². The molecular formula is C16H15ClN4. The Labute approximate surface area is 128 Å². The maximum atomic E-state index is 6.07. The van der Waals surface area contributed by atoms with Gasteiger partial charge >= 0.3 is 0 Å². The Morgan fingerprint density at radius 3 is 2.71 bits per heavy atom. The monoisotopic (exact) mass is 298 g/mol. The molecule has 0 radical (unpaired) electrons. The number of imidazole rings is 1. The van der Waals surface area contributed by atoms with E-state index in [1.54, 1.807) is 12.4 Å². The average Bonchev–Trinajstić information content (AvgIpc) is 2.88. The van der Waals surface area contributed by atoms with E-state index in [1.165, 1.54) is 0 Å². The molecule has 0 aliphatic carbocycles. The molecule has 0 aliphatic rings. The second-order valence-corrected chi connectivity index (χ2v) is 5.41. The summed E-state index contributed by atoms with van der Waals surface area (Å²) in [5.74, 6) is 0.963. The fourth-order valence-corrected chi connectivity index (χ4v) is 2.33. The maximum absolute atomic E-state index is 6.07. The van der Waals surface area contributed by atoms with Crippen molar-refractivity contribution in [2.45, 2.75) is 20.4 Å². The predicted molar refractivity (Wildman–Crippen MR) is 83.3 cm³/mol. The highest BCUT2D eigenvalue weighted by atomic mass is 35.5. The van der Waals surface area contributed by atoms with Gasteiger partial charge in [0.15, 0.2) is 0 Å². The van der Waals surface area contributed by atoms with Crippen LogP contribution in [0, 0.1) is 13.8 Å². The third-order valence-electron chi connectivity index (χ3n) is 3.45. The Morgan fingerprint density at radius 1 is 1.14 bits per heavy atom. The topological polar surface area (TPSA) is 43.6 Å². The van der Waals surface area contributed by atoms with Gasteiger partial charge in [-0.25, -0.2) is 4.98 Å². The van der Waals surface area contributed by atoms with Crippen LogP contribution >= 0.6 is 11.6 Å². The first kappa shape index (κ1) is 13.8. The summed E-state index contributed by atoms with van der Waals surface area (Å²) >= 11 is 6.07. The van der Waals surface area contributed by atoms with Crippen LogP contribution in [-0.4, -0.2) is 19.7 Å². The number of aryl methyl sites for hydroxylation is 2. The number of rotatable bonds is 3. The molecule has 106 valence electrons. The summed E-state index contributed by atoms with van der Waals surface area (Å²) in [5, 5.41) is 9.08. The Morgan fingerprint density at radius 2 is 2.00 bits per heavy atom. The number of aromatic nitrogens is 4. The summed E-state index contributed by atoms with van der Waals surface area (Å²) < 4.78 is 2.04. The van der Waals surface area contributed by atoms with Crippen LogP contribution in [0.25, 0.3) is 11.1 Å². The van der Waals surface area contributed by atoms with Crippen LogP contribution in [0.2, 0.25) is 5.02 Å². The summed E-state index contributed by atoms with van der Waals surface area (Å²) in [7, 11) is 0. The van der Waals surface area contributed by atoms with Gasteiger partial charge in [0.05, 0.1) is 18.4 Å². The third kappa shape index (κ3) is 2.95. The van der Waals surface area contributed by atoms with Gasteiger partial charge in [0, 0.05) is 23.0 Å². The molecule has 0 bridgehead atoms. The minimum Gasteiger partial charge on any atom is -0.329 e. The zero-order chi connectivity index (χ0) is 14.8. The smallest absolute Gasteiger partial charge is 0.105 e. The van der Waals surface area contributed by atoms with Crippen LogP contribution in [0.1, 0.15) is 17.1 Å². The van der Waals surface area contributed by atoms with Crippen molar-refractivity contribution >= 4 is 11.6 Å². The largest absolute Gasteiger partial charge is 0.329 e. The van der Waals surface area contributed by atoms with Gasteiger partial charge in [-0.3, -0.25) is 0 Å². The van der Waals surface area contributed by atoms with Crippen molar-refractivity contribution in [3.05, 3.63) is 65.0 Å². The summed E-state index contributed by atoms with van der Waals surface area (Å²) in [6, 6.07) is 8.02. The van der Waals surface area contributed by atoms with Crippen LogP contribution in [0.3, 0.4) is 0 Å². The van der Waals surface area contributed by atoms with Crippen LogP contribution < -0.4 is 0 Å². The van der Waals surface area contributed by atoms with Crippen molar-refractivity contribution in [2.24, 2.45) is 0 Å². The molecule has 0 unspecified atom stereocenters. The minimum absolute atomic E-state index is 0.666. The van der Waals surface area contributed by atoms with E-state index < -0.39 is 0 Å². The number of nitrogens with zero attached hydrogens (tertiary/aromatic N) is 4. The maximum Gasteiger partial charge on any atom is 0.105 e. The van der Waals surface area contributed by atoms with Crippen LogP contribution in [0.4, 0.5) is 0 Å². The van der Waals surface area contributed by atoms with E-state index >= 15 is 0 Å². The van der Waals surface area contributed by atoms with Gasteiger partial charge in [-0.05, 0) is 43.2 Å². The van der Waals surface area contributed by atoms with Gasteiger partial charge in [-0.1, -0.05) is 17.7 Å². The van der Waals surface area contributed by atoms with E-state index in [0.717, 1.165) is 33.2 Å². The first-order valence-corrected chi connectivity index (χ1v) is 7.07. The van der Waals surface area contributed by atoms with Crippen molar-refractivity contribution in [1.82, 2.24) is 19.7 Å². The molecule has 3 aromatic rings. The number of halogens is 1. The standard InChI is InChI=1S/C16H15ClN4/c1-11-7-13(3-4-16(11)17)14-8-15(20-19-9-14)10-21-6-5-18-12(21)2/h3-9H,10H2,1-2H3. The first-order valence-electron chi connectivity index (χ1n) is 6.69. The zero-order valence-corrected chi connectivity index (χ0v) is 12.7. The van der Waals surface area contributed by atoms with E-state index in [0.29, 0.717) is 6.54 Å². The molecule has 0 aliphatic heterocycles. The molecule has 0 saturated heterocycles. The third-order valence-corrected chi connectivity index (χ3v) is 3.88. The van der Waals surface area contributed by atoms with Crippen LogP contribution in [-0.2, 0) is 6.54 Å². The molecule has 0 atom stereocenters.